The molecule has 0 aliphatic rings. The molecule has 3 aromatic rings. The van der Waals surface area contributed by atoms with Crippen molar-refractivity contribution in [3.63, 3.8) is 0 Å². The fraction of sp³-hybridized carbons (Fsp3) is 0.235. The van der Waals surface area contributed by atoms with Crippen LogP contribution in [-0.4, -0.2) is 15.8 Å². The standard InChI is InChI=1S/C17H19N3O/c1-14(12-17-4-2-11-21-17)18-13-15-5-7-16(8-6-15)20-10-3-9-19-20/h2-11,14,18H,12-13H2,1H3. The van der Waals surface area contributed by atoms with Crippen LogP contribution in [0.25, 0.3) is 5.69 Å². The van der Waals surface area contributed by atoms with Crippen molar-refractivity contribution in [1.82, 2.24) is 15.1 Å². The maximum absolute atomic E-state index is 5.36. The first-order valence-corrected chi connectivity index (χ1v) is 7.16. The highest BCUT2D eigenvalue weighted by Crippen LogP contribution is 2.09. The molecule has 0 saturated carbocycles. The van der Waals surface area contributed by atoms with Gasteiger partial charge >= 0.3 is 0 Å². The number of nitrogens with zero attached hydrogens (tertiary/aromatic N) is 2. The van der Waals surface area contributed by atoms with Crippen LogP contribution in [0.1, 0.15) is 18.2 Å². The van der Waals surface area contributed by atoms with Gasteiger partial charge in [-0.3, -0.25) is 0 Å². The third-order valence-electron chi connectivity index (χ3n) is 3.45. The Morgan fingerprint density at radius 1 is 1.19 bits per heavy atom. The lowest BCUT2D eigenvalue weighted by Crippen LogP contribution is -2.27. The van der Waals surface area contributed by atoms with Gasteiger partial charge in [-0.1, -0.05) is 12.1 Å². The predicted octanol–water partition coefficient (Wildman–Crippen LogP) is 3.19. The molecule has 0 saturated heterocycles. The average molecular weight is 281 g/mol. The quantitative estimate of drug-likeness (QED) is 0.754. The number of hydrogen-bond acceptors (Lipinski definition) is 3. The Morgan fingerprint density at radius 2 is 2.05 bits per heavy atom. The van der Waals surface area contributed by atoms with Gasteiger partial charge in [0.25, 0.3) is 0 Å². The molecule has 4 nitrogen and oxygen atoms in total. The first-order chi connectivity index (χ1) is 10.3. The van der Waals surface area contributed by atoms with E-state index in [0.717, 1.165) is 24.4 Å². The largest absolute Gasteiger partial charge is 0.469 e. The van der Waals surface area contributed by atoms with Gasteiger partial charge < -0.3 is 9.73 Å². The van der Waals surface area contributed by atoms with Crippen molar-refractivity contribution in [2.45, 2.75) is 25.9 Å². The van der Waals surface area contributed by atoms with Crippen LogP contribution in [0.15, 0.2) is 65.5 Å². The zero-order valence-corrected chi connectivity index (χ0v) is 12.1. The Bertz CT molecular complexity index is 642. The minimum atomic E-state index is 0.377. The van der Waals surface area contributed by atoms with Gasteiger partial charge in [0.05, 0.1) is 12.0 Å². The SMILES string of the molecule is CC(Cc1ccco1)NCc1ccc(-n2cccn2)cc1. The van der Waals surface area contributed by atoms with E-state index in [0.29, 0.717) is 6.04 Å². The molecule has 0 aliphatic carbocycles. The van der Waals surface area contributed by atoms with Crippen LogP contribution >= 0.6 is 0 Å². The normalized spacial score (nSPS) is 12.4. The topological polar surface area (TPSA) is 43.0 Å². The molecule has 3 rings (SSSR count). The van der Waals surface area contributed by atoms with E-state index in [-0.39, 0.29) is 0 Å². The Labute approximate surface area is 124 Å². The number of furan rings is 1. The van der Waals surface area contributed by atoms with Crippen LogP contribution < -0.4 is 5.32 Å². The minimum Gasteiger partial charge on any atom is -0.469 e. The molecule has 0 radical (unpaired) electrons. The van der Waals surface area contributed by atoms with Crippen molar-refractivity contribution in [3.8, 4) is 5.69 Å². The highest BCUT2D eigenvalue weighted by Gasteiger charge is 2.05. The maximum Gasteiger partial charge on any atom is 0.105 e. The summed E-state index contributed by atoms with van der Waals surface area (Å²) in [4.78, 5) is 0. The van der Waals surface area contributed by atoms with E-state index in [2.05, 4.69) is 41.6 Å². The molecule has 1 unspecified atom stereocenters. The molecule has 108 valence electrons. The van der Waals surface area contributed by atoms with Gasteiger partial charge in [0.1, 0.15) is 5.76 Å². The molecule has 0 bridgehead atoms. The van der Waals surface area contributed by atoms with Crippen molar-refractivity contribution in [3.05, 3.63) is 72.4 Å². The second kappa shape index (κ2) is 6.41. The second-order valence-electron chi connectivity index (χ2n) is 5.18. The first-order valence-electron chi connectivity index (χ1n) is 7.16. The number of aromatic nitrogens is 2. The predicted molar refractivity (Wildman–Crippen MR) is 82.3 cm³/mol. The lowest BCUT2D eigenvalue weighted by Gasteiger charge is -2.12. The molecular formula is C17H19N3O. The average Bonchev–Trinajstić information content (AvgIpc) is 3.19. The van der Waals surface area contributed by atoms with Crippen LogP contribution in [0, 0.1) is 0 Å². The molecule has 21 heavy (non-hydrogen) atoms. The van der Waals surface area contributed by atoms with E-state index in [1.54, 1.807) is 12.5 Å². The molecular weight excluding hydrogens is 262 g/mol. The molecule has 1 atom stereocenters. The molecule has 4 heteroatoms. The monoisotopic (exact) mass is 281 g/mol. The summed E-state index contributed by atoms with van der Waals surface area (Å²) >= 11 is 0. The Balaban J connectivity index is 1.53. The lowest BCUT2D eigenvalue weighted by atomic mass is 10.1. The zero-order valence-electron chi connectivity index (χ0n) is 12.1. The number of hydrogen-bond donors (Lipinski definition) is 1. The highest BCUT2D eigenvalue weighted by molar-refractivity contribution is 5.33. The first kappa shape index (κ1) is 13.6. The van der Waals surface area contributed by atoms with Gasteiger partial charge in [-0.2, -0.15) is 5.10 Å². The Morgan fingerprint density at radius 3 is 2.71 bits per heavy atom. The summed E-state index contributed by atoms with van der Waals surface area (Å²) in [5.41, 5.74) is 2.34. The molecule has 0 fully saturated rings. The van der Waals surface area contributed by atoms with Crippen molar-refractivity contribution < 1.29 is 4.42 Å². The summed E-state index contributed by atoms with van der Waals surface area (Å²) in [6.07, 6.45) is 6.35. The van der Waals surface area contributed by atoms with Gasteiger partial charge in [0.2, 0.25) is 0 Å². The van der Waals surface area contributed by atoms with Crippen molar-refractivity contribution in [2.75, 3.05) is 0 Å². The molecule has 1 N–H and O–H groups in total. The van der Waals surface area contributed by atoms with Crippen molar-refractivity contribution in [2.24, 2.45) is 0 Å². The molecule has 2 aromatic heterocycles. The Kier molecular flexibility index (Phi) is 4.17. The van der Waals surface area contributed by atoms with Crippen LogP contribution in [0.5, 0.6) is 0 Å². The van der Waals surface area contributed by atoms with E-state index < -0.39 is 0 Å². The number of benzene rings is 1. The van der Waals surface area contributed by atoms with Gasteiger partial charge in [0, 0.05) is 31.4 Å². The number of rotatable bonds is 6. The van der Waals surface area contributed by atoms with Crippen molar-refractivity contribution >= 4 is 0 Å². The van der Waals surface area contributed by atoms with Crippen LogP contribution in [0.2, 0.25) is 0 Å². The van der Waals surface area contributed by atoms with Gasteiger partial charge in [0.15, 0.2) is 0 Å². The zero-order chi connectivity index (χ0) is 14.5. The third-order valence-corrected chi connectivity index (χ3v) is 3.45. The van der Waals surface area contributed by atoms with E-state index in [9.17, 15) is 0 Å². The molecule has 0 aliphatic heterocycles. The fourth-order valence-corrected chi connectivity index (χ4v) is 2.28. The van der Waals surface area contributed by atoms with E-state index in [1.165, 1.54) is 5.56 Å². The lowest BCUT2D eigenvalue weighted by molar-refractivity contribution is 0.456. The van der Waals surface area contributed by atoms with Gasteiger partial charge in [-0.05, 0) is 42.8 Å². The highest BCUT2D eigenvalue weighted by atomic mass is 16.3. The summed E-state index contributed by atoms with van der Waals surface area (Å²) in [7, 11) is 0. The summed E-state index contributed by atoms with van der Waals surface area (Å²) in [6, 6.07) is 14.7. The summed E-state index contributed by atoms with van der Waals surface area (Å²) in [6.45, 7) is 3.02. The molecule has 0 spiro atoms. The summed E-state index contributed by atoms with van der Waals surface area (Å²) in [5.74, 6) is 1.02. The summed E-state index contributed by atoms with van der Waals surface area (Å²) in [5, 5.41) is 7.73. The molecule has 1 aromatic carbocycles. The van der Waals surface area contributed by atoms with Gasteiger partial charge in [-0.25, -0.2) is 4.68 Å². The fourth-order valence-electron chi connectivity index (χ4n) is 2.28. The van der Waals surface area contributed by atoms with E-state index in [1.807, 2.05) is 29.1 Å². The van der Waals surface area contributed by atoms with Crippen LogP contribution in [0.4, 0.5) is 0 Å². The smallest absolute Gasteiger partial charge is 0.105 e. The number of nitrogens with one attached hydrogen (secondary N) is 1. The van der Waals surface area contributed by atoms with Crippen LogP contribution in [0.3, 0.4) is 0 Å². The van der Waals surface area contributed by atoms with Crippen LogP contribution in [-0.2, 0) is 13.0 Å². The van der Waals surface area contributed by atoms with Gasteiger partial charge in [-0.15, -0.1) is 0 Å². The third kappa shape index (κ3) is 3.61. The minimum absolute atomic E-state index is 0.377. The second-order valence-corrected chi connectivity index (χ2v) is 5.18. The van der Waals surface area contributed by atoms with Crippen molar-refractivity contribution in [1.29, 1.82) is 0 Å². The molecule has 0 amide bonds. The molecule has 2 heterocycles. The van der Waals surface area contributed by atoms with E-state index >= 15 is 0 Å². The van der Waals surface area contributed by atoms with E-state index in [4.69, 9.17) is 4.42 Å². The summed E-state index contributed by atoms with van der Waals surface area (Å²) < 4.78 is 7.22. The Hall–Kier alpha value is -2.33. The maximum atomic E-state index is 5.36.